The summed E-state index contributed by atoms with van der Waals surface area (Å²) in [6, 6.07) is 14.1. The van der Waals surface area contributed by atoms with Crippen LogP contribution in [0.4, 0.5) is 11.4 Å². The number of nitrogens with one attached hydrogen (secondary N) is 2. The van der Waals surface area contributed by atoms with Crippen LogP contribution in [-0.2, 0) is 6.54 Å². The highest BCUT2D eigenvalue weighted by Gasteiger charge is 2.73. The van der Waals surface area contributed by atoms with Crippen molar-refractivity contribution in [2.45, 2.75) is 38.4 Å². The van der Waals surface area contributed by atoms with Crippen LogP contribution < -0.4 is 15.4 Å². The number of aliphatic hydroxyl groups is 1. The van der Waals surface area contributed by atoms with E-state index < -0.39 is 0 Å². The van der Waals surface area contributed by atoms with E-state index in [0.717, 1.165) is 35.0 Å². The SMILES string of the molecule is C=Cc1cc(NC2CC3CC34CN(Cc3ccc(C)c(OCCO)c3)C24)ccc1NC. The van der Waals surface area contributed by atoms with Crippen molar-refractivity contribution in [2.75, 3.05) is 37.4 Å². The molecule has 5 heteroatoms. The van der Waals surface area contributed by atoms with Crippen molar-refractivity contribution in [3.05, 3.63) is 59.7 Å². The third kappa shape index (κ3) is 3.50. The Balaban J connectivity index is 1.30. The van der Waals surface area contributed by atoms with Crippen LogP contribution in [0, 0.1) is 18.3 Å². The molecule has 2 aliphatic carbocycles. The first-order valence-corrected chi connectivity index (χ1v) is 11.4. The van der Waals surface area contributed by atoms with E-state index in [0.29, 0.717) is 24.1 Å². The average Bonchev–Trinajstić information content (AvgIpc) is 3.42. The van der Waals surface area contributed by atoms with Gasteiger partial charge in [-0.1, -0.05) is 24.8 Å². The minimum atomic E-state index is 0.0397. The Kier molecular flexibility index (Phi) is 5.19. The van der Waals surface area contributed by atoms with Gasteiger partial charge in [-0.15, -0.1) is 0 Å². The molecule has 2 aromatic carbocycles. The largest absolute Gasteiger partial charge is 0.491 e. The van der Waals surface area contributed by atoms with Gasteiger partial charge >= 0.3 is 0 Å². The van der Waals surface area contributed by atoms with E-state index >= 15 is 0 Å². The zero-order valence-electron chi connectivity index (χ0n) is 18.5. The molecule has 4 atom stereocenters. The lowest BCUT2D eigenvalue weighted by molar-refractivity contribution is -0.00701. The minimum Gasteiger partial charge on any atom is -0.491 e. The molecule has 2 saturated carbocycles. The molecule has 3 N–H and O–H groups in total. The molecule has 1 aliphatic heterocycles. The Hall–Kier alpha value is -2.50. The molecule has 0 aromatic heterocycles. The van der Waals surface area contributed by atoms with Crippen molar-refractivity contribution in [1.29, 1.82) is 0 Å². The van der Waals surface area contributed by atoms with Gasteiger partial charge < -0.3 is 20.5 Å². The van der Waals surface area contributed by atoms with Gasteiger partial charge in [0, 0.05) is 49.0 Å². The maximum atomic E-state index is 9.08. The molecular weight excluding hydrogens is 386 g/mol. The highest BCUT2D eigenvalue weighted by molar-refractivity contribution is 5.70. The van der Waals surface area contributed by atoms with Crippen molar-refractivity contribution < 1.29 is 9.84 Å². The van der Waals surface area contributed by atoms with Crippen molar-refractivity contribution in [3.63, 3.8) is 0 Å². The van der Waals surface area contributed by atoms with Gasteiger partial charge in [0.25, 0.3) is 0 Å². The summed E-state index contributed by atoms with van der Waals surface area (Å²) in [6.07, 6.45) is 4.56. The molecule has 164 valence electrons. The number of aryl methyl sites for hydroxylation is 1. The van der Waals surface area contributed by atoms with Gasteiger partial charge in [-0.2, -0.15) is 0 Å². The van der Waals surface area contributed by atoms with E-state index in [2.05, 4.69) is 65.4 Å². The molecule has 3 aliphatic rings. The van der Waals surface area contributed by atoms with Gasteiger partial charge in [0.05, 0.1) is 6.61 Å². The van der Waals surface area contributed by atoms with Gasteiger partial charge in [-0.25, -0.2) is 0 Å². The standard InChI is InChI=1S/C26H33N3O2/c1-4-19-12-21(7-8-22(19)27-3)28-23-13-20-14-26(20)16-29(25(23)26)15-18-6-5-17(2)24(11-18)31-10-9-30/h4-8,11-12,20,23,25,27-28,30H,1,9-10,13-16H2,2-3H3. The zero-order valence-corrected chi connectivity index (χ0v) is 18.5. The summed E-state index contributed by atoms with van der Waals surface area (Å²) in [5, 5.41) is 16.2. The number of ether oxygens (including phenoxy) is 1. The number of hydrogen-bond donors (Lipinski definition) is 3. The number of hydrogen-bond acceptors (Lipinski definition) is 5. The van der Waals surface area contributed by atoms with E-state index in [4.69, 9.17) is 9.84 Å². The summed E-state index contributed by atoms with van der Waals surface area (Å²) in [7, 11) is 1.95. The Bertz CT molecular complexity index is 991. The fourth-order valence-electron chi connectivity index (χ4n) is 6.03. The van der Waals surface area contributed by atoms with E-state index in [1.165, 1.54) is 30.6 Å². The number of benzene rings is 2. The van der Waals surface area contributed by atoms with E-state index in [9.17, 15) is 0 Å². The van der Waals surface area contributed by atoms with Crippen LogP contribution in [-0.4, -0.2) is 48.9 Å². The molecule has 5 rings (SSSR count). The molecule has 1 spiro atoms. The van der Waals surface area contributed by atoms with Crippen molar-refractivity contribution in [1.82, 2.24) is 4.90 Å². The topological polar surface area (TPSA) is 56.8 Å². The monoisotopic (exact) mass is 419 g/mol. The first-order chi connectivity index (χ1) is 15.1. The van der Waals surface area contributed by atoms with Gasteiger partial charge in [0.2, 0.25) is 0 Å². The predicted molar refractivity (Wildman–Crippen MR) is 127 cm³/mol. The maximum absolute atomic E-state index is 9.08. The van der Waals surface area contributed by atoms with Crippen molar-refractivity contribution in [2.24, 2.45) is 11.3 Å². The Morgan fingerprint density at radius 1 is 1.29 bits per heavy atom. The molecule has 3 fully saturated rings. The second-order valence-electron chi connectivity index (χ2n) is 9.40. The zero-order chi connectivity index (χ0) is 21.6. The molecule has 31 heavy (non-hydrogen) atoms. The molecule has 2 aromatic rings. The predicted octanol–water partition coefficient (Wildman–Crippen LogP) is 4.13. The number of nitrogens with zero attached hydrogens (tertiary/aromatic N) is 1. The summed E-state index contributed by atoms with van der Waals surface area (Å²) in [4.78, 5) is 2.64. The minimum absolute atomic E-state index is 0.0397. The van der Waals surface area contributed by atoms with Crippen LogP contribution in [0.1, 0.15) is 29.5 Å². The molecule has 0 bridgehead atoms. The van der Waals surface area contributed by atoms with Crippen LogP contribution >= 0.6 is 0 Å². The van der Waals surface area contributed by atoms with E-state index in [1.54, 1.807) is 0 Å². The number of anilines is 2. The van der Waals surface area contributed by atoms with Crippen LogP contribution in [0.2, 0.25) is 0 Å². The number of aliphatic hydroxyl groups excluding tert-OH is 1. The first kappa shape index (κ1) is 20.4. The molecule has 5 nitrogen and oxygen atoms in total. The van der Waals surface area contributed by atoms with Gasteiger partial charge in [0.1, 0.15) is 12.4 Å². The van der Waals surface area contributed by atoms with Crippen molar-refractivity contribution in [3.8, 4) is 5.75 Å². The fraction of sp³-hybridized carbons (Fsp3) is 0.462. The van der Waals surface area contributed by atoms with Crippen molar-refractivity contribution >= 4 is 17.5 Å². The summed E-state index contributed by atoms with van der Waals surface area (Å²) in [5.41, 5.74) is 6.36. The van der Waals surface area contributed by atoms with Crippen LogP contribution in [0.5, 0.6) is 5.75 Å². The van der Waals surface area contributed by atoms with E-state index in [-0.39, 0.29) is 6.61 Å². The second kappa shape index (κ2) is 7.88. The van der Waals surface area contributed by atoms with Gasteiger partial charge in [-0.05, 0) is 66.6 Å². The number of rotatable bonds is 9. The Labute approximate surface area is 185 Å². The van der Waals surface area contributed by atoms with Crippen LogP contribution in [0.15, 0.2) is 43.0 Å². The summed E-state index contributed by atoms with van der Waals surface area (Å²) in [6.45, 7) is 8.55. The molecule has 1 saturated heterocycles. The summed E-state index contributed by atoms with van der Waals surface area (Å²) >= 11 is 0. The summed E-state index contributed by atoms with van der Waals surface area (Å²) in [5.74, 6) is 1.76. The fourth-order valence-corrected chi connectivity index (χ4v) is 6.03. The van der Waals surface area contributed by atoms with Gasteiger partial charge in [-0.3, -0.25) is 4.90 Å². The first-order valence-electron chi connectivity index (χ1n) is 11.4. The molecule has 4 unspecified atom stereocenters. The average molecular weight is 420 g/mol. The summed E-state index contributed by atoms with van der Waals surface area (Å²) < 4.78 is 5.72. The third-order valence-electron chi connectivity index (χ3n) is 7.56. The molecule has 0 amide bonds. The maximum Gasteiger partial charge on any atom is 0.122 e. The third-order valence-corrected chi connectivity index (χ3v) is 7.56. The van der Waals surface area contributed by atoms with Gasteiger partial charge in [0.15, 0.2) is 0 Å². The second-order valence-corrected chi connectivity index (χ2v) is 9.40. The van der Waals surface area contributed by atoms with Crippen LogP contribution in [0.25, 0.3) is 6.08 Å². The lowest BCUT2D eigenvalue weighted by Gasteiger charge is -2.50. The van der Waals surface area contributed by atoms with E-state index in [1.807, 2.05) is 13.1 Å². The Morgan fingerprint density at radius 2 is 2.16 bits per heavy atom. The quantitative estimate of drug-likeness (QED) is 0.571. The normalized spacial score (nSPS) is 28.3. The molecule has 1 heterocycles. The lowest BCUT2D eigenvalue weighted by atomic mass is 9.83. The lowest BCUT2D eigenvalue weighted by Crippen LogP contribution is -2.61. The molecular formula is C26H33N3O2. The van der Waals surface area contributed by atoms with Crippen LogP contribution in [0.3, 0.4) is 0 Å². The Morgan fingerprint density at radius 3 is 2.94 bits per heavy atom. The highest BCUT2D eigenvalue weighted by Crippen LogP contribution is 2.70. The molecule has 0 radical (unpaired) electrons. The smallest absolute Gasteiger partial charge is 0.122 e. The highest BCUT2D eigenvalue weighted by atomic mass is 16.5. The number of likely N-dealkylation sites (tertiary alicyclic amines) is 1.